The van der Waals surface area contributed by atoms with E-state index < -0.39 is 9.84 Å². The smallest absolute Gasteiger partial charge is 0.151 e. The lowest BCUT2D eigenvalue weighted by molar-refractivity contribution is 0.268. The van der Waals surface area contributed by atoms with E-state index in [-0.39, 0.29) is 11.8 Å². The van der Waals surface area contributed by atoms with Crippen LogP contribution in [-0.4, -0.2) is 44.5 Å². The van der Waals surface area contributed by atoms with Gasteiger partial charge in [-0.2, -0.15) is 5.26 Å². The summed E-state index contributed by atoms with van der Waals surface area (Å²) in [6, 6.07) is 2.06. The SMILES string of the molecule is CN(CC#N)C1CCCS(=O)(=O)C1. The summed E-state index contributed by atoms with van der Waals surface area (Å²) in [4.78, 5) is 1.82. The summed E-state index contributed by atoms with van der Waals surface area (Å²) in [5.74, 6) is 0.523. The molecule has 1 saturated heterocycles. The summed E-state index contributed by atoms with van der Waals surface area (Å²) in [5, 5.41) is 8.46. The molecule has 1 aliphatic rings. The quantitative estimate of drug-likeness (QED) is 0.592. The molecular weight excluding hydrogens is 188 g/mol. The van der Waals surface area contributed by atoms with Gasteiger partial charge in [0.05, 0.1) is 24.1 Å². The Balaban J connectivity index is 2.57. The van der Waals surface area contributed by atoms with Gasteiger partial charge < -0.3 is 0 Å². The average molecular weight is 202 g/mol. The highest BCUT2D eigenvalue weighted by atomic mass is 32.2. The van der Waals surface area contributed by atoms with Crippen LogP contribution in [0.5, 0.6) is 0 Å². The van der Waals surface area contributed by atoms with Crippen molar-refractivity contribution in [2.75, 3.05) is 25.1 Å². The summed E-state index contributed by atoms with van der Waals surface area (Å²) in [7, 11) is -1.05. The van der Waals surface area contributed by atoms with Crippen LogP contribution in [0, 0.1) is 11.3 Å². The number of hydrogen-bond donors (Lipinski definition) is 0. The first-order valence-corrected chi connectivity index (χ1v) is 6.15. The fourth-order valence-corrected chi connectivity index (χ4v) is 3.37. The topological polar surface area (TPSA) is 61.2 Å². The third kappa shape index (κ3) is 2.98. The maximum atomic E-state index is 11.3. The van der Waals surface area contributed by atoms with Crippen LogP contribution in [-0.2, 0) is 9.84 Å². The fourth-order valence-electron chi connectivity index (χ4n) is 1.59. The summed E-state index contributed by atoms with van der Waals surface area (Å²) in [6.45, 7) is 0.306. The first kappa shape index (κ1) is 10.5. The lowest BCUT2D eigenvalue weighted by Crippen LogP contribution is -2.41. The van der Waals surface area contributed by atoms with Gasteiger partial charge in [0.25, 0.3) is 0 Å². The Morgan fingerprint density at radius 3 is 2.85 bits per heavy atom. The molecule has 1 aliphatic heterocycles. The molecule has 1 fully saturated rings. The minimum atomic E-state index is -2.85. The molecule has 0 radical (unpaired) electrons. The molecule has 0 aromatic heterocycles. The second-order valence-corrected chi connectivity index (χ2v) is 5.71. The lowest BCUT2D eigenvalue weighted by atomic mass is 10.1. The van der Waals surface area contributed by atoms with Crippen molar-refractivity contribution < 1.29 is 8.42 Å². The van der Waals surface area contributed by atoms with Crippen LogP contribution in [0.2, 0.25) is 0 Å². The Hall–Kier alpha value is -0.600. The Bertz CT molecular complexity index is 305. The van der Waals surface area contributed by atoms with E-state index >= 15 is 0 Å². The number of sulfone groups is 1. The van der Waals surface area contributed by atoms with Gasteiger partial charge in [0, 0.05) is 6.04 Å². The van der Waals surface area contributed by atoms with Crippen LogP contribution in [0.15, 0.2) is 0 Å². The highest BCUT2D eigenvalue weighted by Crippen LogP contribution is 2.15. The zero-order valence-electron chi connectivity index (χ0n) is 7.73. The molecule has 0 saturated carbocycles. The molecule has 1 atom stereocenters. The van der Waals surface area contributed by atoms with Crippen LogP contribution in [0.25, 0.3) is 0 Å². The second-order valence-electron chi connectivity index (χ2n) is 3.48. The number of nitrogens with zero attached hydrogens (tertiary/aromatic N) is 2. The maximum Gasteiger partial charge on any atom is 0.151 e. The Kier molecular flexibility index (Phi) is 3.28. The maximum absolute atomic E-state index is 11.3. The van der Waals surface area contributed by atoms with Crippen molar-refractivity contribution >= 4 is 9.84 Å². The van der Waals surface area contributed by atoms with E-state index in [1.807, 2.05) is 11.0 Å². The van der Waals surface area contributed by atoms with Crippen molar-refractivity contribution in [1.82, 2.24) is 4.90 Å². The predicted molar refractivity (Wildman–Crippen MR) is 49.9 cm³/mol. The van der Waals surface area contributed by atoms with Crippen molar-refractivity contribution in [3.05, 3.63) is 0 Å². The Morgan fingerprint density at radius 1 is 1.62 bits per heavy atom. The van der Waals surface area contributed by atoms with Crippen LogP contribution in [0.1, 0.15) is 12.8 Å². The van der Waals surface area contributed by atoms with Gasteiger partial charge in [0.1, 0.15) is 0 Å². The summed E-state index contributed by atoms with van der Waals surface area (Å²) < 4.78 is 22.5. The van der Waals surface area contributed by atoms with Crippen molar-refractivity contribution in [2.45, 2.75) is 18.9 Å². The summed E-state index contributed by atoms with van der Waals surface area (Å²) >= 11 is 0. The molecule has 13 heavy (non-hydrogen) atoms. The molecule has 1 rings (SSSR count). The van der Waals surface area contributed by atoms with Gasteiger partial charge in [-0.05, 0) is 19.9 Å². The second kappa shape index (κ2) is 4.07. The van der Waals surface area contributed by atoms with E-state index in [1.165, 1.54) is 0 Å². The van der Waals surface area contributed by atoms with Crippen molar-refractivity contribution in [2.24, 2.45) is 0 Å². The van der Waals surface area contributed by atoms with Crippen LogP contribution >= 0.6 is 0 Å². The largest absolute Gasteiger partial charge is 0.290 e. The first-order valence-electron chi connectivity index (χ1n) is 4.33. The summed E-state index contributed by atoms with van der Waals surface area (Å²) in [6.07, 6.45) is 1.61. The Morgan fingerprint density at radius 2 is 2.31 bits per heavy atom. The van der Waals surface area contributed by atoms with Crippen molar-refractivity contribution in [3.8, 4) is 6.07 Å². The Labute approximate surface area is 79.1 Å². The lowest BCUT2D eigenvalue weighted by Gasteiger charge is -2.28. The fraction of sp³-hybridized carbons (Fsp3) is 0.875. The molecule has 0 N–H and O–H groups in total. The molecule has 4 nitrogen and oxygen atoms in total. The summed E-state index contributed by atoms with van der Waals surface area (Å²) in [5.41, 5.74) is 0. The number of rotatable bonds is 2. The molecular formula is C8H14N2O2S. The molecule has 0 aromatic carbocycles. The number of hydrogen-bond acceptors (Lipinski definition) is 4. The van der Waals surface area contributed by atoms with Gasteiger partial charge >= 0.3 is 0 Å². The molecule has 1 unspecified atom stereocenters. The van der Waals surface area contributed by atoms with E-state index in [4.69, 9.17) is 5.26 Å². The van der Waals surface area contributed by atoms with E-state index in [9.17, 15) is 8.42 Å². The molecule has 74 valence electrons. The van der Waals surface area contributed by atoms with Crippen molar-refractivity contribution in [3.63, 3.8) is 0 Å². The standard InChI is InChI=1S/C8H14N2O2S/c1-10(5-4-9)8-3-2-6-13(11,12)7-8/h8H,2-3,5-7H2,1H3. The van der Waals surface area contributed by atoms with Crippen LogP contribution in [0.3, 0.4) is 0 Å². The van der Waals surface area contributed by atoms with E-state index in [0.717, 1.165) is 12.8 Å². The monoisotopic (exact) mass is 202 g/mol. The normalized spacial score (nSPS) is 27.0. The molecule has 0 amide bonds. The molecule has 0 spiro atoms. The predicted octanol–water partition coefficient (Wildman–Crippen LogP) is 0.0190. The van der Waals surface area contributed by atoms with E-state index in [1.54, 1.807) is 7.05 Å². The first-order chi connectivity index (χ1) is 6.05. The highest BCUT2D eigenvalue weighted by molar-refractivity contribution is 7.91. The van der Waals surface area contributed by atoms with Gasteiger partial charge in [-0.1, -0.05) is 0 Å². The average Bonchev–Trinajstić information content (AvgIpc) is 2.03. The molecule has 0 bridgehead atoms. The minimum absolute atomic E-state index is 0.0402. The third-order valence-corrected chi connectivity index (χ3v) is 4.19. The zero-order chi connectivity index (χ0) is 9.90. The zero-order valence-corrected chi connectivity index (χ0v) is 8.55. The highest BCUT2D eigenvalue weighted by Gasteiger charge is 2.27. The van der Waals surface area contributed by atoms with E-state index in [2.05, 4.69) is 0 Å². The van der Waals surface area contributed by atoms with Crippen LogP contribution < -0.4 is 0 Å². The van der Waals surface area contributed by atoms with Gasteiger partial charge in [-0.15, -0.1) is 0 Å². The van der Waals surface area contributed by atoms with Crippen LogP contribution in [0.4, 0.5) is 0 Å². The molecule has 5 heteroatoms. The van der Waals surface area contributed by atoms with Gasteiger partial charge in [-0.25, -0.2) is 8.42 Å². The van der Waals surface area contributed by atoms with Gasteiger partial charge in [0.2, 0.25) is 0 Å². The van der Waals surface area contributed by atoms with Crippen molar-refractivity contribution in [1.29, 1.82) is 5.26 Å². The molecule has 0 aromatic rings. The van der Waals surface area contributed by atoms with Gasteiger partial charge in [-0.3, -0.25) is 4.90 Å². The molecule has 0 aliphatic carbocycles. The minimum Gasteiger partial charge on any atom is -0.290 e. The number of nitriles is 1. The van der Waals surface area contributed by atoms with Gasteiger partial charge in [0.15, 0.2) is 9.84 Å². The van der Waals surface area contributed by atoms with E-state index in [0.29, 0.717) is 12.3 Å². The third-order valence-electron chi connectivity index (χ3n) is 2.38. The molecule has 1 heterocycles.